The summed E-state index contributed by atoms with van der Waals surface area (Å²) >= 11 is 0. The Morgan fingerprint density at radius 1 is 0.759 bits per heavy atom. The maximum atomic E-state index is 2.41. The van der Waals surface area contributed by atoms with Gasteiger partial charge in [0.15, 0.2) is 0 Å². The highest BCUT2D eigenvalue weighted by molar-refractivity contribution is 5.30. The summed E-state index contributed by atoms with van der Waals surface area (Å²) in [5.74, 6) is 2.07. The number of benzene rings is 1. The van der Waals surface area contributed by atoms with Crippen molar-refractivity contribution in [3.05, 3.63) is 34.9 Å². The van der Waals surface area contributed by atoms with E-state index in [1.54, 1.807) is 0 Å². The molecule has 1 aliphatic rings. The molecule has 174 valence electrons. The van der Waals surface area contributed by atoms with Crippen LogP contribution in [0.25, 0.3) is 0 Å². The fourth-order valence-electron chi connectivity index (χ4n) is 3.24. The van der Waals surface area contributed by atoms with E-state index in [0.717, 1.165) is 18.3 Å². The van der Waals surface area contributed by atoms with Gasteiger partial charge in [-0.3, -0.25) is 0 Å². The van der Waals surface area contributed by atoms with Gasteiger partial charge in [-0.1, -0.05) is 144 Å². The van der Waals surface area contributed by atoms with Crippen molar-refractivity contribution in [2.75, 3.05) is 0 Å². The van der Waals surface area contributed by atoms with Gasteiger partial charge in [-0.15, -0.1) is 0 Å². The maximum absolute atomic E-state index is 2.41. The van der Waals surface area contributed by atoms with Crippen molar-refractivity contribution in [3.8, 4) is 0 Å². The molecule has 0 bridgehead atoms. The number of rotatable bonds is 4. The summed E-state index contributed by atoms with van der Waals surface area (Å²) in [5, 5.41) is 0. The molecule has 0 radical (unpaired) electrons. The first-order valence-corrected chi connectivity index (χ1v) is 13.0. The van der Waals surface area contributed by atoms with E-state index in [9.17, 15) is 0 Å². The Kier molecular flexibility index (Phi) is 28.6. The van der Waals surface area contributed by atoms with Crippen LogP contribution in [0.15, 0.2) is 18.2 Å². The van der Waals surface area contributed by atoms with Crippen molar-refractivity contribution in [2.24, 2.45) is 11.8 Å². The largest absolute Gasteiger partial charge is 0.0683 e. The summed E-state index contributed by atoms with van der Waals surface area (Å²) in [4.78, 5) is 0. The summed E-state index contributed by atoms with van der Waals surface area (Å²) in [7, 11) is 0. The second kappa shape index (κ2) is 25.3. The van der Waals surface area contributed by atoms with E-state index >= 15 is 0 Å². The zero-order valence-corrected chi connectivity index (χ0v) is 22.5. The third kappa shape index (κ3) is 20.3. The highest BCUT2D eigenvalue weighted by atomic mass is 14.2. The van der Waals surface area contributed by atoms with Crippen LogP contribution in [0, 0.1) is 25.7 Å². The predicted octanol–water partition coefficient (Wildman–Crippen LogP) is 10.7. The van der Waals surface area contributed by atoms with Gasteiger partial charge in [-0.05, 0) is 43.2 Å². The minimum atomic E-state index is 1.02. The standard InChI is InChI=1S/C10H14.C9H18.2C4H10.C2H6/c1-4-10-6-5-8(2)7-9(10)3;1-3-9-7-5-4-6-8(9)2;2*1-3-4-2;1-2/h5-7H,4H2,1-3H3;8-9H,3-7H2,1-2H3;2*3-4H2,1-2H3;1-2H3. The topological polar surface area (TPSA) is 0 Å². The molecule has 0 saturated heterocycles. The van der Waals surface area contributed by atoms with E-state index in [2.05, 4.69) is 80.5 Å². The molecule has 29 heavy (non-hydrogen) atoms. The summed E-state index contributed by atoms with van der Waals surface area (Å²) in [5.41, 5.74) is 4.24. The molecule has 1 aromatic carbocycles. The smallest absolute Gasteiger partial charge is 0.0305 e. The first-order valence-electron chi connectivity index (χ1n) is 13.0. The quantitative estimate of drug-likeness (QED) is 0.466. The molecule has 0 heteroatoms. The van der Waals surface area contributed by atoms with Gasteiger partial charge in [0.1, 0.15) is 0 Å². The van der Waals surface area contributed by atoms with E-state index in [1.807, 2.05) is 13.8 Å². The molecule has 0 aromatic heterocycles. The summed E-state index contributed by atoms with van der Waals surface area (Å²) in [6.45, 7) is 24.0. The minimum absolute atomic E-state index is 1.02. The second-order valence-electron chi connectivity index (χ2n) is 8.21. The van der Waals surface area contributed by atoms with Gasteiger partial charge in [0.2, 0.25) is 0 Å². The van der Waals surface area contributed by atoms with Crippen LogP contribution in [0.3, 0.4) is 0 Å². The first kappa shape index (κ1) is 32.9. The third-order valence-electron chi connectivity index (χ3n) is 5.69. The van der Waals surface area contributed by atoms with Crippen molar-refractivity contribution >= 4 is 0 Å². The van der Waals surface area contributed by atoms with E-state index in [0.29, 0.717) is 0 Å². The summed E-state index contributed by atoms with van der Waals surface area (Å²) in [6, 6.07) is 6.62. The Bertz CT molecular complexity index is 410. The molecular formula is C29H58. The molecule has 0 amide bonds. The average Bonchev–Trinajstić information content (AvgIpc) is 2.76. The van der Waals surface area contributed by atoms with Gasteiger partial charge in [0.25, 0.3) is 0 Å². The van der Waals surface area contributed by atoms with E-state index in [4.69, 9.17) is 0 Å². The van der Waals surface area contributed by atoms with Gasteiger partial charge < -0.3 is 0 Å². The lowest BCUT2D eigenvalue weighted by molar-refractivity contribution is 0.249. The zero-order chi connectivity index (χ0) is 23.1. The highest BCUT2D eigenvalue weighted by Gasteiger charge is 2.18. The van der Waals surface area contributed by atoms with Crippen LogP contribution in [0.4, 0.5) is 0 Å². The van der Waals surface area contributed by atoms with E-state index in [1.165, 1.54) is 74.5 Å². The normalized spacial score (nSPS) is 17.1. The van der Waals surface area contributed by atoms with E-state index in [-0.39, 0.29) is 0 Å². The fourth-order valence-corrected chi connectivity index (χ4v) is 3.24. The molecule has 1 saturated carbocycles. The van der Waals surface area contributed by atoms with Crippen molar-refractivity contribution in [2.45, 2.75) is 140 Å². The zero-order valence-electron chi connectivity index (χ0n) is 22.5. The molecule has 0 spiro atoms. The molecule has 0 heterocycles. The number of hydrogen-bond donors (Lipinski definition) is 0. The van der Waals surface area contributed by atoms with Crippen LogP contribution in [-0.2, 0) is 6.42 Å². The van der Waals surface area contributed by atoms with Gasteiger partial charge >= 0.3 is 0 Å². The third-order valence-corrected chi connectivity index (χ3v) is 5.69. The molecule has 2 atom stereocenters. The summed E-state index contributed by atoms with van der Waals surface area (Å²) in [6.07, 6.45) is 13.8. The van der Waals surface area contributed by atoms with Crippen LogP contribution in [0.2, 0.25) is 0 Å². The van der Waals surface area contributed by atoms with Crippen LogP contribution in [0.5, 0.6) is 0 Å². The number of aryl methyl sites for hydroxylation is 3. The molecule has 2 rings (SSSR count). The monoisotopic (exact) mass is 406 g/mol. The van der Waals surface area contributed by atoms with Crippen molar-refractivity contribution in [1.29, 1.82) is 0 Å². The lowest BCUT2D eigenvalue weighted by Gasteiger charge is -2.27. The van der Waals surface area contributed by atoms with Crippen molar-refractivity contribution in [3.63, 3.8) is 0 Å². The molecule has 1 aliphatic carbocycles. The Morgan fingerprint density at radius 2 is 1.24 bits per heavy atom. The van der Waals surface area contributed by atoms with Gasteiger partial charge in [-0.2, -0.15) is 0 Å². The Labute approximate surface area is 187 Å². The Morgan fingerprint density at radius 3 is 1.55 bits per heavy atom. The first-order chi connectivity index (χ1) is 13.9. The fraction of sp³-hybridized carbons (Fsp3) is 0.793. The molecule has 2 unspecified atom stereocenters. The summed E-state index contributed by atoms with van der Waals surface area (Å²) < 4.78 is 0. The lowest BCUT2D eigenvalue weighted by Crippen LogP contribution is -2.15. The molecule has 1 aromatic rings. The molecule has 0 nitrogen and oxygen atoms in total. The number of unbranched alkanes of at least 4 members (excludes halogenated alkanes) is 2. The van der Waals surface area contributed by atoms with E-state index < -0.39 is 0 Å². The maximum Gasteiger partial charge on any atom is -0.0305 e. The van der Waals surface area contributed by atoms with Crippen LogP contribution < -0.4 is 0 Å². The van der Waals surface area contributed by atoms with Crippen LogP contribution in [-0.4, -0.2) is 0 Å². The van der Waals surface area contributed by atoms with Crippen molar-refractivity contribution < 1.29 is 0 Å². The van der Waals surface area contributed by atoms with Crippen molar-refractivity contribution in [1.82, 2.24) is 0 Å². The average molecular weight is 407 g/mol. The Hall–Kier alpha value is -0.780. The molecular weight excluding hydrogens is 348 g/mol. The van der Waals surface area contributed by atoms with Crippen LogP contribution >= 0.6 is 0 Å². The van der Waals surface area contributed by atoms with Gasteiger partial charge in [0, 0.05) is 0 Å². The minimum Gasteiger partial charge on any atom is -0.0683 e. The number of hydrogen-bond acceptors (Lipinski definition) is 0. The molecule has 1 fully saturated rings. The second-order valence-corrected chi connectivity index (χ2v) is 8.21. The van der Waals surface area contributed by atoms with Gasteiger partial charge in [0.05, 0.1) is 0 Å². The SMILES string of the molecule is CC.CCC1CCCCC1C.CCCC.CCCC.CCc1ccc(C)cc1C. The van der Waals surface area contributed by atoms with Crippen LogP contribution in [0.1, 0.15) is 137 Å². The predicted molar refractivity (Wildman–Crippen MR) is 139 cm³/mol. The lowest BCUT2D eigenvalue weighted by atomic mass is 9.79. The highest BCUT2D eigenvalue weighted by Crippen LogP contribution is 2.31. The molecule has 0 aliphatic heterocycles. The Balaban J connectivity index is -0.000000326. The molecule has 0 N–H and O–H groups in total. The van der Waals surface area contributed by atoms with Gasteiger partial charge in [-0.25, -0.2) is 0 Å².